The third kappa shape index (κ3) is 2.66. The standard InChI is InChI=1S/C16H16BrN3O/c17-12-5-3-7-14(15(12)16(18)21)20-9-8-19-10-11-4-1-2-6-13(11)20/h1-7,19H,8-10H2,(H2,18,21). The van der Waals surface area contributed by atoms with Crippen molar-refractivity contribution in [2.75, 3.05) is 18.0 Å². The summed E-state index contributed by atoms with van der Waals surface area (Å²) >= 11 is 3.43. The molecule has 1 heterocycles. The van der Waals surface area contributed by atoms with E-state index in [1.165, 1.54) is 5.56 Å². The molecule has 3 rings (SSSR count). The molecule has 0 saturated carbocycles. The van der Waals surface area contributed by atoms with Crippen molar-refractivity contribution < 1.29 is 4.79 Å². The minimum Gasteiger partial charge on any atom is -0.365 e. The monoisotopic (exact) mass is 345 g/mol. The number of primary amides is 1. The zero-order valence-electron chi connectivity index (χ0n) is 11.5. The fourth-order valence-corrected chi connectivity index (χ4v) is 3.24. The van der Waals surface area contributed by atoms with Crippen LogP contribution >= 0.6 is 15.9 Å². The first-order valence-electron chi connectivity index (χ1n) is 6.83. The molecule has 0 atom stereocenters. The van der Waals surface area contributed by atoms with Crippen molar-refractivity contribution in [3.05, 3.63) is 58.1 Å². The number of fused-ring (bicyclic) bond motifs is 1. The summed E-state index contributed by atoms with van der Waals surface area (Å²) < 4.78 is 0.724. The number of rotatable bonds is 2. The van der Waals surface area contributed by atoms with Gasteiger partial charge in [0.15, 0.2) is 0 Å². The maximum Gasteiger partial charge on any atom is 0.251 e. The van der Waals surface area contributed by atoms with E-state index in [1.807, 2.05) is 30.3 Å². The van der Waals surface area contributed by atoms with E-state index in [0.29, 0.717) is 5.56 Å². The summed E-state index contributed by atoms with van der Waals surface area (Å²) in [5, 5.41) is 3.40. The molecule has 2 aromatic carbocycles. The van der Waals surface area contributed by atoms with Crippen LogP contribution in [-0.4, -0.2) is 19.0 Å². The highest BCUT2D eigenvalue weighted by Crippen LogP contribution is 2.34. The summed E-state index contributed by atoms with van der Waals surface area (Å²) in [6, 6.07) is 13.9. The molecule has 1 amide bonds. The average molecular weight is 346 g/mol. The Labute approximate surface area is 132 Å². The predicted octanol–water partition coefficient (Wildman–Crippen LogP) is 2.79. The van der Waals surface area contributed by atoms with Crippen LogP contribution in [0.1, 0.15) is 15.9 Å². The molecule has 0 unspecified atom stereocenters. The fraction of sp³-hybridized carbons (Fsp3) is 0.188. The van der Waals surface area contributed by atoms with E-state index in [-0.39, 0.29) is 0 Å². The van der Waals surface area contributed by atoms with E-state index < -0.39 is 5.91 Å². The van der Waals surface area contributed by atoms with Gasteiger partial charge in [0.2, 0.25) is 0 Å². The van der Waals surface area contributed by atoms with Gasteiger partial charge >= 0.3 is 0 Å². The van der Waals surface area contributed by atoms with Crippen LogP contribution in [0.3, 0.4) is 0 Å². The lowest BCUT2D eigenvalue weighted by molar-refractivity contribution is 0.1000. The highest BCUT2D eigenvalue weighted by atomic mass is 79.9. The molecule has 0 fully saturated rings. The average Bonchev–Trinajstić information content (AvgIpc) is 2.68. The lowest BCUT2D eigenvalue weighted by Crippen LogP contribution is -2.27. The van der Waals surface area contributed by atoms with E-state index in [1.54, 1.807) is 0 Å². The molecule has 0 saturated heterocycles. The maximum absolute atomic E-state index is 11.8. The lowest BCUT2D eigenvalue weighted by Gasteiger charge is -2.26. The van der Waals surface area contributed by atoms with Crippen LogP contribution in [0.15, 0.2) is 46.9 Å². The van der Waals surface area contributed by atoms with Crippen LogP contribution < -0.4 is 16.0 Å². The first-order chi connectivity index (χ1) is 10.2. The first kappa shape index (κ1) is 14.1. The number of nitrogens with two attached hydrogens (primary N) is 1. The van der Waals surface area contributed by atoms with Crippen molar-refractivity contribution >= 4 is 33.2 Å². The second-order valence-corrected chi connectivity index (χ2v) is 5.81. The predicted molar refractivity (Wildman–Crippen MR) is 87.8 cm³/mol. The molecule has 0 aromatic heterocycles. The topological polar surface area (TPSA) is 58.4 Å². The number of amides is 1. The number of nitrogens with zero attached hydrogens (tertiary/aromatic N) is 1. The molecule has 1 aliphatic rings. The minimum absolute atomic E-state index is 0.424. The molecule has 0 aliphatic carbocycles. The van der Waals surface area contributed by atoms with Crippen LogP contribution in [0.2, 0.25) is 0 Å². The van der Waals surface area contributed by atoms with Gasteiger partial charge in [-0.15, -0.1) is 0 Å². The van der Waals surface area contributed by atoms with Crippen LogP contribution in [0.4, 0.5) is 11.4 Å². The van der Waals surface area contributed by atoms with Gasteiger partial charge in [-0.25, -0.2) is 0 Å². The van der Waals surface area contributed by atoms with Crippen LogP contribution in [-0.2, 0) is 6.54 Å². The van der Waals surface area contributed by atoms with Crippen LogP contribution in [0.25, 0.3) is 0 Å². The van der Waals surface area contributed by atoms with Gasteiger partial charge in [0, 0.05) is 29.8 Å². The quantitative estimate of drug-likeness (QED) is 0.879. The molecule has 3 N–H and O–H groups in total. The van der Waals surface area contributed by atoms with Gasteiger partial charge < -0.3 is 16.0 Å². The Kier molecular flexibility index (Phi) is 3.94. The summed E-state index contributed by atoms with van der Waals surface area (Å²) in [4.78, 5) is 14.0. The van der Waals surface area contributed by atoms with Gasteiger partial charge in [-0.1, -0.05) is 24.3 Å². The number of hydrogen-bond acceptors (Lipinski definition) is 3. The smallest absolute Gasteiger partial charge is 0.251 e. The van der Waals surface area contributed by atoms with Gasteiger partial charge in [0.25, 0.3) is 5.91 Å². The number of carbonyl (C=O) groups excluding carboxylic acids is 1. The number of carbonyl (C=O) groups is 1. The minimum atomic E-state index is -0.424. The summed E-state index contributed by atoms with van der Waals surface area (Å²) in [5.41, 5.74) is 9.26. The third-order valence-corrected chi connectivity index (χ3v) is 4.30. The molecule has 0 spiro atoms. The van der Waals surface area contributed by atoms with Gasteiger partial charge in [-0.05, 0) is 39.7 Å². The Morgan fingerprint density at radius 1 is 1.14 bits per heavy atom. The van der Waals surface area contributed by atoms with Crippen LogP contribution in [0, 0.1) is 0 Å². The number of para-hydroxylation sites is 1. The Hall–Kier alpha value is -1.85. The summed E-state index contributed by atoms with van der Waals surface area (Å²) in [7, 11) is 0. The van der Waals surface area contributed by atoms with Crippen molar-refractivity contribution in [2.24, 2.45) is 5.73 Å². The van der Waals surface area contributed by atoms with Crippen LogP contribution in [0.5, 0.6) is 0 Å². The maximum atomic E-state index is 11.8. The summed E-state index contributed by atoms with van der Waals surface area (Å²) in [6.45, 7) is 2.46. The van der Waals surface area contributed by atoms with Crippen molar-refractivity contribution in [2.45, 2.75) is 6.54 Å². The Morgan fingerprint density at radius 3 is 2.71 bits per heavy atom. The molecular weight excluding hydrogens is 330 g/mol. The number of anilines is 2. The van der Waals surface area contributed by atoms with E-state index in [0.717, 1.165) is 35.5 Å². The third-order valence-electron chi connectivity index (χ3n) is 3.64. The van der Waals surface area contributed by atoms with E-state index in [9.17, 15) is 4.79 Å². The number of halogens is 1. The number of benzene rings is 2. The Bertz CT molecular complexity index is 687. The molecule has 4 nitrogen and oxygen atoms in total. The largest absolute Gasteiger partial charge is 0.365 e. The molecule has 1 aliphatic heterocycles. The van der Waals surface area contributed by atoms with Gasteiger partial charge in [-0.2, -0.15) is 0 Å². The van der Waals surface area contributed by atoms with Gasteiger partial charge in [-0.3, -0.25) is 4.79 Å². The fourth-order valence-electron chi connectivity index (χ4n) is 2.69. The van der Waals surface area contributed by atoms with Crippen molar-refractivity contribution in [3.63, 3.8) is 0 Å². The molecule has 0 radical (unpaired) electrons. The molecule has 108 valence electrons. The zero-order valence-corrected chi connectivity index (χ0v) is 13.1. The second-order valence-electron chi connectivity index (χ2n) is 4.96. The van der Waals surface area contributed by atoms with E-state index in [4.69, 9.17) is 5.73 Å². The van der Waals surface area contributed by atoms with Crippen molar-refractivity contribution in [1.82, 2.24) is 5.32 Å². The first-order valence-corrected chi connectivity index (χ1v) is 7.62. The molecular formula is C16H16BrN3O. The molecule has 5 heteroatoms. The normalized spacial score (nSPS) is 14.4. The van der Waals surface area contributed by atoms with E-state index >= 15 is 0 Å². The number of nitrogens with one attached hydrogen (secondary N) is 1. The van der Waals surface area contributed by atoms with E-state index in [2.05, 4.69) is 38.3 Å². The second kappa shape index (κ2) is 5.87. The van der Waals surface area contributed by atoms with Gasteiger partial charge in [0.05, 0.1) is 11.3 Å². The highest BCUT2D eigenvalue weighted by Gasteiger charge is 2.21. The highest BCUT2D eigenvalue weighted by molar-refractivity contribution is 9.10. The summed E-state index contributed by atoms with van der Waals surface area (Å²) in [6.07, 6.45) is 0. The zero-order chi connectivity index (χ0) is 14.8. The summed E-state index contributed by atoms with van der Waals surface area (Å²) in [5.74, 6) is -0.424. The lowest BCUT2D eigenvalue weighted by atomic mass is 10.1. The number of hydrogen-bond donors (Lipinski definition) is 2. The Balaban J connectivity index is 2.17. The van der Waals surface area contributed by atoms with Crippen molar-refractivity contribution in [1.29, 1.82) is 0 Å². The molecule has 0 bridgehead atoms. The molecule has 21 heavy (non-hydrogen) atoms. The van der Waals surface area contributed by atoms with Crippen molar-refractivity contribution in [3.8, 4) is 0 Å². The Morgan fingerprint density at radius 2 is 1.90 bits per heavy atom. The SMILES string of the molecule is NC(=O)c1c(Br)cccc1N1CCNCc2ccccc21. The van der Waals surface area contributed by atoms with Gasteiger partial charge in [0.1, 0.15) is 0 Å². The molecule has 2 aromatic rings.